The zero-order chi connectivity index (χ0) is 20.5. The normalized spacial score (nSPS) is 12.6. The summed E-state index contributed by atoms with van der Waals surface area (Å²) in [5.41, 5.74) is 1.04. The highest BCUT2D eigenvalue weighted by molar-refractivity contribution is 7.89. The Labute approximate surface area is 160 Å². The van der Waals surface area contributed by atoms with Crippen molar-refractivity contribution in [1.82, 2.24) is 10.1 Å². The number of hydrogen-bond donors (Lipinski definition) is 1. The number of halogens is 1. The first-order chi connectivity index (χ1) is 13.1. The summed E-state index contributed by atoms with van der Waals surface area (Å²) in [5, 5.41) is 8.78. The van der Waals surface area contributed by atoms with E-state index in [9.17, 15) is 17.6 Å². The van der Waals surface area contributed by atoms with Gasteiger partial charge in [0, 0.05) is 5.56 Å². The van der Waals surface area contributed by atoms with E-state index in [1.165, 1.54) is 37.3 Å². The predicted octanol–water partition coefficient (Wildman–Crippen LogP) is 2.75. The van der Waals surface area contributed by atoms with E-state index < -0.39 is 27.9 Å². The van der Waals surface area contributed by atoms with Crippen LogP contribution < -0.4 is 5.14 Å². The van der Waals surface area contributed by atoms with Crippen LogP contribution in [0.4, 0.5) is 4.39 Å². The molecule has 0 aliphatic rings. The fourth-order valence-corrected chi connectivity index (χ4v) is 2.82. The molecule has 0 fully saturated rings. The number of rotatable bonds is 5. The molecule has 0 radical (unpaired) electrons. The van der Waals surface area contributed by atoms with Crippen LogP contribution in [-0.2, 0) is 14.8 Å². The van der Waals surface area contributed by atoms with Crippen molar-refractivity contribution >= 4 is 16.0 Å². The van der Waals surface area contributed by atoms with E-state index in [1.807, 2.05) is 0 Å². The molecular weight excluding hydrogens is 389 g/mol. The minimum atomic E-state index is -3.85. The fourth-order valence-electron chi connectivity index (χ4n) is 2.31. The molecule has 2 aromatic carbocycles. The molecule has 0 unspecified atom stereocenters. The predicted molar refractivity (Wildman–Crippen MR) is 96.1 cm³/mol. The maximum atomic E-state index is 13.7. The average molecular weight is 405 g/mol. The van der Waals surface area contributed by atoms with E-state index >= 15 is 0 Å². The van der Waals surface area contributed by atoms with Crippen LogP contribution >= 0.6 is 0 Å². The summed E-state index contributed by atoms with van der Waals surface area (Å²) in [6.07, 6.45) is -0.873. The second-order valence-corrected chi connectivity index (χ2v) is 7.60. The lowest BCUT2D eigenvalue weighted by molar-refractivity contribution is 0.0265. The van der Waals surface area contributed by atoms with Gasteiger partial charge in [0.15, 0.2) is 6.10 Å². The summed E-state index contributed by atoms with van der Waals surface area (Å²) >= 11 is 0. The molecule has 10 heteroatoms. The van der Waals surface area contributed by atoms with Crippen molar-refractivity contribution in [3.8, 4) is 11.4 Å². The van der Waals surface area contributed by atoms with Gasteiger partial charge in [0.05, 0.1) is 10.5 Å². The van der Waals surface area contributed by atoms with Crippen LogP contribution in [0.1, 0.15) is 34.8 Å². The monoisotopic (exact) mass is 405 g/mol. The zero-order valence-corrected chi connectivity index (χ0v) is 15.7. The van der Waals surface area contributed by atoms with E-state index in [4.69, 9.17) is 14.4 Å². The third-order valence-corrected chi connectivity index (χ3v) is 4.85. The molecule has 0 saturated carbocycles. The number of benzene rings is 2. The van der Waals surface area contributed by atoms with Gasteiger partial charge in [-0.3, -0.25) is 0 Å². The lowest BCUT2D eigenvalue weighted by Gasteiger charge is -2.09. The largest absolute Gasteiger partial charge is 0.449 e. The minimum absolute atomic E-state index is 0.0329. The Morgan fingerprint density at radius 1 is 1.21 bits per heavy atom. The standard InChI is InChI=1S/C18H16FN3O5S/c1-10-3-4-13(9-15(10)19)16-21-17(27-22-16)11(2)26-18(23)12-5-7-14(8-6-12)28(20,24)25/h3-9,11H,1-2H3,(H2,20,24,25)/t11-/m1/s1. The third kappa shape index (κ3) is 4.24. The number of carbonyl (C=O) groups is 1. The van der Waals surface area contributed by atoms with Gasteiger partial charge in [0.2, 0.25) is 15.8 Å². The molecular formula is C18H16FN3O5S. The van der Waals surface area contributed by atoms with Crippen LogP contribution in [0.5, 0.6) is 0 Å². The second kappa shape index (κ2) is 7.49. The number of aromatic nitrogens is 2. The van der Waals surface area contributed by atoms with E-state index in [0.717, 1.165) is 0 Å². The van der Waals surface area contributed by atoms with Gasteiger partial charge in [-0.2, -0.15) is 4.98 Å². The van der Waals surface area contributed by atoms with Gasteiger partial charge >= 0.3 is 5.97 Å². The van der Waals surface area contributed by atoms with Gasteiger partial charge in [-0.05, 0) is 49.7 Å². The number of primary sulfonamides is 1. The molecule has 0 aliphatic heterocycles. The van der Waals surface area contributed by atoms with Crippen LogP contribution in [0.3, 0.4) is 0 Å². The molecule has 0 spiro atoms. The van der Waals surface area contributed by atoms with Gasteiger partial charge in [0.25, 0.3) is 5.89 Å². The van der Waals surface area contributed by atoms with Crippen molar-refractivity contribution in [1.29, 1.82) is 0 Å². The summed E-state index contributed by atoms with van der Waals surface area (Å²) in [6.45, 7) is 3.17. The maximum absolute atomic E-state index is 13.7. The Morgan fingerprint density at radius 3 is 2.50 bits per heavy atom. The van der Waals surface area contributed by atoms with Crippen molar-refractivity contribution in [2.24, 2.45) is 5.14 Å². The minimum Gasteiger partial charge on any atom is -0.449 e. The summed E-state index contributed by atoms with van der Waals surface area (Å²) < 4.78 is 46.5. The number of esters is 1. The Kier molecular flexibility index (Phi) is 5.25. The Morgan fingerprint density at radius 2 is 1.89 bits per heavy atom. The summed E-state index contributed by atoms with van der Waals surface area (Å²) in [6, 6.07) is 9.49. The Bertz CT molecular complexity index is 1130. The van der Waals surface area contributed by atoms with Crippen LogP contribution in [-0.4, -0.2) is 24.5 Å². The molecule has 1 heterocycles. The summed E-state index contributed by atoms with van der Waals surface area (Å²) in [5.74, 6) is -0.916. The molecule has 1 aromatic heterocycles. The molecule has 0 saturated heterocycles. The van der Waals surface area contributed by atoms with E-state index in [0.29, 0.717) is 11.1 Å². The van der Waals surface area contributed by atoms with Crippen LogP contribution in [0.25, 0.3) is 11.4 Å². The third-order valence-electron chi connectivity index (χ3n) is 3.92. The first-order valence-corrected chi connectivity index (χ1v) is 9.64. The van der Waals surface area contributed by atoms with Crippen molar-refractivity contribution in [3.05, 3.63) is 65.3 Å². The van der Waals surface area contributed by atoms with E-state index in [-0.39, 0.29) is 22.2 Å². The lowest BCUT2D eigenvalue weighted by Crippen LogP contribution is -2.13. The van der Waals surface area contributed by atoms with Gasteiger partial charge in [-0.25, -0.2) is 22.7 Å². The highest BCUT2D eigenvalue weighted by atomic mass is 32.2. The number of nitrogens with two attached hydrogens (primary N) is 1. The van der Waals surface area contributed by atoms with Crippen LogP contribution in [0, 0.1) is 12.7 Å². The smallest absolute Gasteiger partial charge is 0.338 e. The Hall–Kier alpha value is -3.11. The highest BCUT2D eigenvalue weighted by Crippen LogP contribution is 2.23. The average Bonchev–Trinajstić information content (AvgIpc) is 3.13. The second-order valence-electron chi connectivity index (χ2n) is 6.04. The van der Waals surface area contributed by atoms with Gasteiger partial charge in [-0.1, -0.05) is 17.3 Å². The quantitative estimate of drug-likeness (QED) is 0.647. The molecule has 0 amide bonds. The van der Waals surface area contributed by atoms with Gasteiger partial charge < -0.3 is 9.26 Å². The van der Waals surface area contributed by atoms with Crippen LogP contribution in [0.2, 0.25) is 0 Å². The number of hydrogen-bond acceptors (Lipinski definition) is 7. The molecule has 3 aromatic rings. The van der Waals surface area contributed by atoms with Gasteiger partial charge in [-0.15, -0.1) is 0 Å². The van der Waals surface area contributed by atoms with E-state index in [1.54, 1.807) is 19.1 Å². The molecule has 2 N–H and O–H groups in total. The number of sulfonamides is 1. The number of aryl methyl sites for hydroxylation is 1. The molecule has 28 heavy (non-hydrogen) atoms. The highest BCUT2D eigenvalue weighted by Gasteiger charge is 2.21. The molecule has 8 nitrogen and oxygen atoms in total. The maximum Gasteiger partial charge on any atom is 0.338 e. The first-order valence-electron chi connectivity index (χ1n) is 8.09. The Balaban J connectivity index is 1.72. The lowest BCUT2D eigenvalue weighted by atomic mass is 10.1. The first kappa shape index (κ1) is 19.6. The van der Waals surface area contributed by atoms with Crippen molar-refractivity contribution < 1.29 is 26.9 Å². The number of ether oxygens (including phenoxy) is 1. The molecule has 1 atom stereocenters. The van der Waals surface area contributed by atoms with Crippen molar-refractivity contribution in [2.75, 3.05) is 0 Å². The number of nitrogens with zero attached hydrogens (tertiary/aromatic N) is 2. The topological polar surface area (TPSA) is 125 Å². The molecule has 146 valence electrons. The fraction of sp³-hybridized carbons (Fsp3) is 0.167. The molecule has 3 rings (SSSR count). The van der Waals surface area contributed by atoms with Crippen molar-refractivity contribution in [3.63, 3.8) is 0 Å². The molecule has 0 aliphatic carbocycles. The number of carbonyl (C=O) groups excluding carboxylic acids is 1. The summed E-state index contributed by atoms with van der Waals surface area (Å²) in [7, 11) is -3.85. The van der Waals surface area contributed by atoms with E-state index in [2.05, 4.69) is 10.1 Å². The van der Waals surface area contributed by atoms with Crippen molar-refractivity contribution in [2.45, 2.75) is 24.8 Å². The van der Waals surface area contributed by atoms with Gasteiger partial charge in [0.1, 0.15) is 5.82 Å². The SMILES string of the molecule is Cc1ccc(-c2noc([C@@H](C)OC(=O)c3ccc(S(N)(=O)=O)cc3)n2)cc1F. The molecule has 0 bridgehead atoms. The van der Waals surface area contributed by atoms with Crippen LogP contribution in [0.15, 0.2) is 51.9 Å². The zero-order valence-electron chi connectivity index (χ0n) is 14.9. The summed E-state index contributed by atoms with van der Waals surface area (Å²) in [4.78, 5) is 16.2.